The Morgan fingerprint density at radius 1 is 1.03 bits per heavy atom. The van der Waals surface area contributed by atoms with Crippen LogP contribution in [-0.4, -0.2) is 57.2 Å². The Balaban J connectivity index is 1.45. The molecule has 1 N–H and O–H groups in total. The minimum Gasteiger partial charge on any atom is -0.492 e. The van der Waals surface area contributed by atoms with Gasteiger partial charge in [0.2, 0.25) is 5.91 Å². The summed E-state index contributed by atoms with van der Waals surface area (Å²) in [6.07, 6.45) is 0. The number of piperazine rings is 1. The third kappa shape index (κ3) is 6.21. The fourth-order valence-corrected chi connectivity index (χ4v) is 3.60. The van der Waals surface area contributed by atoms with Crippen LogP contribution in [0, 0.1) is 0 Å². The number of methoxy groups -OCH3 is 1. The minimum atomic E-state index is 0.0605. The highest BCUT2D eigenvalue weighted by molar-refractivity contribution is 5.78. The normalized spacial score (nSPS) is 14.6. The first kappa shape index (κ1) is 21.1. The summed E-state index contributed by atoms with van der Waals surface area (Å²) < 4.78 is 10.9. The Morgan fingerprint density at radius 3 is 2.55 bits per heavy atom. The van der Waals surface area contributed by atoms with Gasteiger partial charge in [-0.3, -0.25) is 9.69 Å². The van der Waals surface area contributed by atoms with E-state index in [1.54, 1.807) is 7.11 Å². The van der Waals surface area contributed by atoms with E-state index in [-0.39, 0.29) is 5.91 Å². The number of hydrogen-bond donors (Lipinski definition) is 1. The van der Waals surface area contributed by atoms with Gasteiger partial charge in [-0.2, -0.15) is 0 Å². The summed E-state index contributed by atoms with van der Waals surface area (Å²) in [5.41, 5.74) is 3.34. The number of carbonyl (C=O) groups excluding carboxylic acids is 1. The van der Waals surface area contributed by atoms with E-state index in [1.165, 1.54) is 0 Å². The highest BCUT2D eigenvalue weighted by Gasteiger charge is 2.21. The van der Waals surface area contributed by atoms with Gasteiger partial charge in [0, 0.05) is 39.8 Å². The van der Waals surface area contributed by atoms with E-state index in [4.69, 9.17) is 9.47 Å². The van der Waals surface area contributed by atoms with Gasteiger partial charge in [-0.05, 0) is 30.2 Å². The Bertz CT molecular complexity index is 788. The van der Waals surface area contributed by atoms with Crippen LogP contribution in [0.3, 0.4) is 0 Å². The van der Waals surface area contributed by atoms with E-state index in [1.807, 2.05) is 43.3 Å². The van der Waals surface area contributed by atoms with Crippen molar-refractivity contribution in [3.8, 4) is 5.75 Å². The van der Waals surface area contributed by atoms with Crippen molar-refractivity contribution in [2.45, 2.75) is 20.1 Å². The lowest BCUT2D eigenvalue weighted by Crippen LogP contribution is -2.49. The van der Waals surface area contributed by atoms with Crippen molar-refractivity contribution in [1.29, 1.82) is 0 Å². The number of nitrogens with zero attached hydrogens (tertiary/aromatic N) is 2. The molecule has 0 unspecified atom stereocenters. The predicted molar refractivity (Wildman–Crippen MR) is 115 cm³/mol. The summed E-state index contributed by atoms with van der Waals surface area (Å²) in [6, 6.07) is 16.3. The number of rotatable bonds is 9. The fraction of sp³-hybridized carbons (Fsp3) is 0.435. The summed E-state index contributed by atoms with van der Waals surface area (Å²) >= 11 is 0. The molecule has 156 valence electrons. The van der Waals surface area contributed by atoms with Crippen molar-refractivity contribution in [3.05, 3.63) is 59.7 Å². The molecule has 6 nitrogen and oxygen atoms in total. The second-order valence-corrected chi connectivity index (χ2v) is 7.19. The fourth-order valence-electron chi connectivity index (χ4n) is 3.60. The van der Waals surface area contributed by atoms with E-state index in [0.29, 0.717) is 26.3 Å². The Morgan fingerprint density at radius 2 is 1.79 bits per heavy atom. The van der Waals surface area contributed by atoms with Gasteiger partial charge in [-0.25, -0.2) is 0 Å². The molecule has 2 aromatic rings. The van der Waals surface area contributed by atoms with Crippen molar-refractivity contribution in [2.24, 2.45) is 0 Å². The van der Waals surface area contributed by atoms with Gasteiger partial charge in [0.1, 0.15) is 5.75 Å². The third-order valence-electron chi connectivity index (χ3n) is 5.04. The standard InChI is InChI=1S/C23H31N3O3/c1-3-29-22-10-5-4-9-21(22)26-13-11-25(12-14-26)17-23(27)24-16-19-7-6-8-20(15-19)18-28-2/h4-10,15H,3,11-14,16-18H2,1-2H3,(H,24,27). The van der Waals surface area contributed by atoms with Crippen LogP contribution in [0.1, 0.15) is 18.1 Å². The van der Waals surface area contributed by atoms with Gasteiger partial charge < -0.3 is 19.7 Å². The Kier molecular flexibility index (Phi) is 7.90. The number of anilines is 1. The Hall–Kier alpha value is -2.57. The maximum atomic E-state index is 12.4. The van der Waals surface area contributed by atoms with E-state index in [9.17, 15) is 4.79 Å². The average molecular weight is 398 g/mol. The molecule has 1 aliphatic rings. The minimum absolute atomic E-state index is 0.0605. The van der Waals surface area contributed by atoms with Gasteiger partial charge in [-0.15, -0.1) is 0 Å². The number of ether oxygens (including phenoxy) is 2. The van der Waals surface area contributed by atoms with Crippen molar-refractivity contribution in [1.82, 2.24) is 10.2 Å². The second kappa shape index (κ2) is 10.8. The molecule has 0 aliphatic carbocycles. The highest BCUT2D eigenvalue weighted by atomic mass is 16.5. The summed E-state index contributed by atoms with van der Waals surface area (Å²) in [7, 11) is 1.68. The first-order valence-electron chi connectivity index (χ1n) is 10.2. The van der Waals surface area contributed by atoms with Crippen LogP contribution in [0.2, 0.25) is 0 Å². The summed E-state index contributed by atoms with van der Waals surface area (Å²) in [5, 5.41) is 3.03. The molecule has 1 fully saturated rings. The summed E-state index contributed by atoms with van der Waals surface area (Å²) in [5.74, 6) is 0.988. The Labute approximate surface area is 173 Å². The zero-order valence-electron chi connectivity index (χ0n) is 17.4. The molecule has 0 saturated carbocycles. The lowest BCUT2D eigenvalue weighted by molar-refractivity contribution is -0.122. The largest absolute Gasteiger partial charge is 0.492 e. The van der Waals surface area contributed by atoms with Crippen LogP contribution < -0.4 is 15.0 Å². The molecule has 2 aromatic carbocycles. The maximum Gasteiger partial charge on any atom is 0.234 e. The highest BCUT2D eigenvalue weighted by Crippen LogP contribution is 2.28. The second-order valence-electron chi connectivity index (χ2n) is 7.19. The van der Waals surface area contributed by atoms with Crippen LogP contribution in [0.25, 0.3) is 0 Å². The zero-order chi connectivity index (χ0) is 20.5. The van der Waals surface area contributed by atoms with Crippen molar-refractivity contribution in [3.63, 3.8) is 0 Å². The number of amides is 1. The van der Waals surface area contributed by atoms with Gasteiger partial charge in [-0.1, -0.05) is 36.4 Å². The molecule has 0 radical (unpaired) electrons. The smallest absolute Gasteiger partial charge is 0.234 e. The number of nitrogens with one attached hydrogen (secondary N) is 1. The van der Waals surface area contributed by atoms with Gasteiger partial charge in [0.15, 0.2) is 0 Å². The van der Waals surface area contributed by atoms with E-state index in [2.05, 4.69) is 27.2 Å². The van der Waals surface area contributed by atoms with Gasteiger partial charge in [0.05, 0.1) is 25.4 Å². The van der Waals surface area contributed by atoms with Crippen molar-refractivity contribution >= 4 is 11.6 Å². The van der Waals surface area contributed by atoms with Crippen molar-refractivity contribution < 1.29 is 14.3 Å². The number of benzene rings is 2. The molecule has 0 spiro atoms. The zero-order valence-corrected chi connectivity index (χ0v) is 17.4. The maximum absolute atomic E-state index is 12.4. The van der Waals surface area contributed by atoms with Crippen LogP contribution >= 0.6 is 0 Å². The van der Waals surface area contributed by atoms with Crippen LogP contribution in [-0.2, 0) is 22.7 Å². The first-order chi connectivity index (χ1) is 14.2. The summed E-state index contributed by atoms with van der Waals surface area (Å²) in [6.45, 7) is 7.70. The molecule has 0 bridgehead atoms. The molecule has 3 rings (SSSR count). The molecule has 1 heterocycles. The lowest BCUT2D eigenvalue weighted by Gasteiger charge is -2.36. The third-order valence-corrected chi connectivity index (χ3v) is 5.04. The molecule has 1 saturated heterocycles. The van der Waals surface area contributed by atoms with Crippen molar-refractivity contribution in [2.75, 3.05) is 51.3 Å². The number of para-hydroxylation sites is 2. The first-order valence-corrected chi connectivity index (χ1v) is 10.2. The van der Waals surface area contributed by atoms with Crippen LogP contribution in [0.4, 0.5) is 5.69 Å². The molecule has 6 heteroatoms. The van der Waals surface area contributed by atoms with Crippen LogP contribution in [0.15, 0.2) is 48.5 Å². The lowest BCUT2D eigenvalue weighted by atomic mass is 10.1. The van der Waals surface area contributed by atoms with Gasteiger partial charge in [0.25, 0.3) is 0 Å². The molecule has 0 atom stereocenters. The quantitative estimate of drug-likeness (QED) is 0.705. The average Bonchev–Trinajstić information content (AvgIpc) is 2.74. The molecule has 0 aromatic heterocycles. The van der Waals surface area contributed by atoms with Gasteiger partial charge >= 0.3 is 0 Å². The molecule has 29 heavy (non-hydrogen) atoms. The van der Waals surface area contributed by atoms with E-state index in [0.717, 1.165) is 48.7 Å². The monoisotopic (exact) mass is 397 g/mol. The topological polar surface area (TPSA) is 54.0 Å². The predicted octanol–water partition coefficient (Wildman–Crippen LogP) is 2.67. The molecule has 1 aliphatic heterocycles. The SMILES string of the molecule is CCOc1ccccc1N1CCN(CC(=O)NCc2cccc(COC)c2)CC1. The van der Waals surface area contributed by atoms with Crippen LogP contribution in [0.5, 0.6) is 5.75 Å². The van der Waals surface area contributed by atoms with E-state index < -0.39 is 0 Å². The number of hydrogen-bond acceptors (Lipinski definition) is 5. The molecule has 1 amide bonds. The number of carbonyl (C=O) groups is 1. The molecular weight excluding hydrogens is 366 g/mol. The molecular formula is C23H31N3O3. The van der Waals surface area contributed by atoms with E-state index >= 15 is 0 Å². The summed E-state index contributed by atoms with van der Waals surface area (Å²) in [4.78, 5) is 16.9.